The Morgan fingerprint density at radius 3 is 2.96 bits per heavy atom. The molecule has 0 aromatic carbocycles. The third-order valence-corrected chi connectivity index (χ3v) is 7.98. The van der Waals surface area contributed by atoms with E-state index < -0.39 is 16.1 Å². The maximum atomic E-state index is 12.8. The van der Waals surface area contributed by atoms with Crippen LogP contribution in [0.5, 0.6) is 0 Å². The Hall–Kier alpha value is -1.94. The minimum atomic E-state index is -3.64. The van der Waals surface area contributed by atoms with Gasteiger partial charge in [0.15, 0.2) is 0 Å². The number of aromatic nitrogens is 2. The van der Waals surface area contributed by atoms with Crippen LogP contribution in [0.15, 0.2) is 46.2 Å². The zero-order chi connectivity index (χ0) is 19.0. The first-order valence-corrected chi connectivity index (χ1v) is 11.1. The molecule has 0 saturated carbocycles. The van der Waals surface area contributed by atoms with Gasteiger partial charge >= 0.3 is 0 Å². The molecule has 10 heteroatoms. The Bertz CT molecular complexity index is 1080. The number of hydrogen-bond donors (Lipinski definition) is 1. The first kappa shape index (κ1) is 18.4. The normalized spacial score (nSPS) is 18.2. The van der Waals surface area contributed by atoms with E-state index in [9.17, 15) is 13.2 Å². The van der Waals surface area contributed by atoms with Crippen LogP contribution in [-0.4, -0.2) is 40.6 Å². The molecule has 0 bridgehead atoms. The molecule has 142 valence electrons. The molecule has 0 spiro atoms. The molecule has 0 radical (unpaired) electrons. The van der Waals surface area contributed by atoms with Gasteiger partial charge < -0.3 is 9.72 Å². The van der Waals surface area contributed by atoms with Crippen molar-refractivity contribution in [1.29, 1.82) is 0 Å². The van der Waals surface area contributed by atoms with E-state index in [1.165, 1.54) is 4.31 Å². The number of thiophene rings is 1. The number of carbonyl (C=O) groups is 1. The number of pyridine rings is 1. The van der Waals surface area contributed by atoms with Gasteiger partial charge in [-0.2, -0.15) is 4.31 Å². The second-order valence-electron chi connectivity index (χ2n) is 6.27. The predicted molar refractivity (Wildman–Crippen MR) is 103 cm³/mol. The van der Waals surface area contributed by atoms with Crippen LogP contribution in [0.2, 0.25) is 5.02 Å². The number of imidazole rings is 1. The summed E-state index contributed by atoms with van der Waals surface area (Å²) < 4.78 is 28.9. The Balaban J connectivity index is 1.47. The largest absolute Gasteiger partial charge is 0.349 e. The van der Waals surface area contributed by atoms with Gasteiger partial charge in [-0.25, -0.2) is 13.4 Å². The lowest BCUT2D eigenvalue weighted by atomic mass is 10.2. The fourth-order valence-corrected chi connectivity index (χ4v) is 6.16. The second kappa shape index (κ2) is 7.23. The van der Waals surface area contributed by atoms with E-state index in [2.05, 4.69) is 10.3 Å². The van der Waals surface area contributed by atoms with Crippen molar-refractivity contribution in [3.05, 3.63) is 52.8 Å². The van der Waals surface area contributed by atoms with E-state index in [1.54, 1.807) is 46.4 Å². The predicted octanol–water partition coefficient (Wildman–Crippen LogP) is 2.52. The van der Waals surface area contributed by atoms with E-state index >= 15 is 0 Å². The van der Waals surface area contributed by atoms with Crippen LogP contribution < -0.4 is 5.32 Å². The Labute approximate surface area is 165 Å². The maximum absolute atomic E-state index is 12.8. The van der Waals surface area contributed by atoms with Gasteiger partial charge in [0.25, 0.3) is 10.0 Å². The van der Waals surface area contributed by atoms with Gasteiger partial charge in [-0.05, 0) is 36.4 Å². The molecular formula is C17H17ClN4O3S2. The monoisotopic (exact) mass is 424 g/mol. The lowest BCUT2D eigenvalue weighted by molar-refractivity contribution is -0.124. The number of sulfonamides is 1. The topological polar surface area (TPSA) is 83.8 Å². The highest BCUT2D eigenvalue weighted by Gasteiger charge is 2.39. The Kier molecular flexibility index (Phi) is 4.94. The fourth-order valence-electron chi connectivity index (χ4n) is 3.21. The highest BCUT2D eigenvalue weighted by molar-refractivity contribution is 7.91. The summed E-state index contributed by atoms with van der Waals surface area (Å²) in [4.78, 5) is 17.1. The van der Waals surface area contributed by atoms with Crippen LogP contribution >= 0.6 is 22.9 Å². The quantitative estimate of drug-likeness (QED) is 0.682. The summed E-state index contributed by atoms with van der Waals surface area (Å²) in [5, 5.41) is 5.12. The summed E-state index contributed by atoms with van der Waals surface area (Å²) in [7, 11) is -3.64. The summed E-state index contributed by atoms with van der Waals surface area (Å²) in [6.45, 7) is 0.576. The zero-order valence-corrected chi connectivity index (χ0v) is 16.6. The van der Waals surface area contributed by atoms with Crippen molar-refractivity contribution in [1.82, 2.24) is 19.0 Å². The summed E-state index contributed by atoms with van der Waals surface area (Å²) in [5.74, 6) is -0.303. The molecule has 1 amide bonds. The number of fused-ring (bicyclic) bond motifs is 1. The van der Waals surface area contributed by atoms with E-state index in [4.69, 9.17) is 11.6 Å². The molecule has 1 fully saturated rings. The smallest absolute Gasteiger partial charge is 0.253 e. The van der Waals surface area contributed by atoms with Crippen LogP contribution in [0, 0.1) is 0 Å². The van der Waals surface area contributed by atoms with E-state index in [-0.39, 0.29) is 16.7 Å². The van der Waals surface area contributed by atoms with Crippen LogP contribution in [0.1, 0.15) is 18.5 Å². The number of hydrogen-bond acceptors (Lipinski definition) is 5. The lowest BCUT2D eigenvalue weighted by Crippen LogP contribution is -2.45. The van der Waals surface area contributed by atoms with Crippen LogP contribution in [0.3, 0.4) is 0 Å². The number of carbonyl (C=O) groups excluding carboxylic acids is 1. The van der Waals surface area contributed by atoms with Gasteiger partial charge in [-0.1, -0.05) is 17.7 Å². The van der Waals surface area contributed by atoms with Crippen molar-refractivity contribution in [3.63, 3.8) is 0 Å². The van der Waals surface area contributed by atoms with Crippen molar-refractivity contribution < 1.29 is 13.2 Å². The molecule has 0 aliphatic carbocycles. The molecule has 1 N–H and O–H groups in total. The highest BCUT2D eigenvalue weighted by Crippen LogP contribution is 2.28. The average molecular weight is 425 g/mol. The summed E-state index contributed by atoms with van der Waals surface area (Å²) in [5.41, 5.74) is 1.41. The first-order chi connectivity index (χ1) is 12.9. The van der Waals surface area contributed by atoms with Crippen molar-refractivity contribution in [2.24, 2.45) is 0 Å². The molecule has 4 heterocycles. The molecule has 1 aliphatic rings. The standard InChI is InChI=1S/C17H17ClN4O3S2/c18-12-5-6-15-20-13(11-21(15)10-12)9-19-17(23)14-3-1-7-22(14)27(24,25)16-4-2-8-26-16/h2,4-6,8,10-11,14H,1,3,7,9H2,(H,19,23). The second-order valence-corrected chi connectivity index (χ2v) is 9.77. The minimum absolute atomic E-state index is 0.224. The molecule has 1 saturated heterocycles. The van der Waals surface area contributed by atoms with E-state index in [1.807, 2.05) is 0 Å². The molecule has 1 atom stereocenters. The molecule has 3 aromatic heterocycles. The van der Waals surface area contributed by atoms with Gasteiger partial charge in [0.2, 0.25) is 5.91 Å². The molecule has 7 nitrogen and oxygen atoms in total. The molecule has 4 rings (SSSR count). The number of amides is 1. The molecule has 3 aromatic rings. The summed E-state index contributed by atoms with van der Waals surface area (Å²) in [6, 6.07) is 6.11. The van der Waals surface area contributed by atoms with Crippen molar-refractivity contribution in [2.45, 2.75) is 29.6 Å². The van der Waals surface area contributed by atoms with Gasteiger partial charge in [0, 0.05) is 18.9 Å². The van der Waals surface area contributed by atoms with Crippen LogP contribution in [0.4, 0.5) is 0 Å². The third-order valence-electron chi connectivity index (χ3n) is 4.47. The molecule has 1 aliphatic heterocycles. The van der Waals surface area contributed by atoms with Crippen LogP contribution in [-0.2, 0) is 21.4 Å². The number of nitrogens with one attached hydrogen (secondary N) is 1. The van der Waals surface area contributed by atoms with E-state index in [0.29, 0.717) is 30.1 Å². The maximum Gasteiger partial charge on any atom is 0.253 e. The summed E-state index contributed by atoms with van der Waals surface area (Å²) >= 11 is 7.12. The SMILES string of the molecule is O=C(NCc1cn2cc(Cl)ccc2n1)C1CCCN1S(=O)(=O)c1cccs1. The Morgan fingerprint density at radius 2 is 2.19 bits per heavy atom. The number of halogens is 1. The third kappa shape index (κ3) is 3.60. The van der Waals surface area contributed by atoms with Crippen molar-refractivity contribution in [2.75, 3.05) is 6.54 Å². The number of nitrogens with zero attached hydrogens (tertiary/aromatic N) is 3. The van der Waals surface area contributed by atoms with Crippen molar-refractivity contribution >= 4 is 44.5 Å². The van der Waals surface area contributed by atoms with Gasteiger partial charge in [-0.15, -0.1) is 11.3 Å². The van der Waals surface area contributed by atoms with Gasteiger partial charge in [0.05, 0.1) is 17.3 Å². The molecular weight excluding hydrogens is 408 g/mol. The molecule has 1 unspecified atom stereocenters. The molecule has 27 heavy (non-hydrogen) atoms. The summed E-state index contributed by atoms with van der Waals surface area (Å²) in [6.07, 6.45) is 4.70. The van der Waals surface area contributed by atoms with Gasteiger partial charge in [-0.3, -0.25) is 4.79 Å². The lowest BCUT2D eigenvalue weighted by Gasteiger charge is -2.22. The first-order valence-electron chi connectivity index (χ1n) is 8.41. The van der Waals surface area contributed by atoms with Crippen LogP contribution in [0.25, 0.3) is 5.65 Å². The average Bonchev–Trinajstić information content (AvgIpc) is 3.38. The number of rotatable bonds is 5. The minimum Gasteiger partial charge on any atom is -0.349 e. The highest BCUT2D eigenvalue weighted by atomic mass is 35.5. The zero-order valence-electron chi connectivity index (χ0n) is 14.2. The van der Waals surface area contributed by atoms with E-state index in [0.717, 1.165) is 17.0 Å². The van der Waals surface area contributed by atoms with Crippen molar-refractivity contribution in [3.8, 4) is 0 Å². The Morgan fingerprint density at radius 1 is 1.33 bits per heavy atom. The van der Waals surface area contributed by atoms with Gasteiger partial charge in [0.1, 0.15) is 15.9 Å². The fraction of sp³-hybridized carbons (Fsp3) is 0.294.